The minimum Gasteiger partial charge on any atom is -0.391 e. The maximum Gasteiger partial charge on any atom is 0.416 e. The molecule has 6 heteroatoms. The predicted molar refractivity (Wildman–Crippen MR) is 88.9 cm³/mol. The van der Waals surface area contributed by atoms with Crippen molar-refractivity contribution in [3.05, 3.63) is 65.0 Å². The molecule has 25 heavy (non-hydrogen) atoms. The van der Waals surface area contributed by atoms with Crippen molar-refractivity contribution < 1.29 is 18.3 Å². The Morgan fingerprint density at radius 1 is 1.16 bits per heavy atom. The van der Waals surface area contributed by atoms with Crippen molar-refractivity contribution in [2.24, 2.45) is 5.92 Å². The predicted octanol–water partition coefficient (Wildman–Crippen LogP) is 3.44. The molecular formula is C19H21F3N2O. The first kappa shape index (κ1) is 17.9. The van der Waals surface area contributed by atoms with Gasteiger partial charge in [-0.15, -0.1) is 0 Å². The average Bonchev–Trinajstić information content (AvgIpc) is 2.89. The lowest BCUT2D eigenvalue weighted by Gasteiger charge is -2.18. The normalized spacial score (nSPS) is 21.6. The van der Waals surface area contributed by atoms with Crippen LogP contribution in [0.5, 0.6) is 0 Å². The Morgan fingerprint density at radius 3 is 2.56 bits per heavy atom. The number of alkyl halides is 3. The number of halogens is 3. The third-order valence-corrected chi connectivity index (χ3v) is 4.80. The summed E-state index contributed by atoms with van der Waals surface area (Å²) in [6.07, 6.45) is -0.626. The minimum atomic E-state index is -4.34. The number of aryl methyl sites for hydroxylation is 1. The lowest BCUT2D eigenvalue weighted by Crippen LogP contribution is -2.22. The van der Waals surface area contributed by atoms with E-state index in [0.29, 0.717) is 25.2 Å². The number of β-amino-alcohol motifs (C(OH)–C–C–N with tert-alkyl or cyclic N) is 1. The summed E-state index contributed by atoms with van der Waals surface area (Å²) in [5, 5.41) is 10.3. The number of hydrogen-bond donors (Lipinski definition) is 1. The van der Waals surface area contributed by atoms with Crippen LogP contribution in [0.1, 0.15) is 22.3 Å². The molecule has 1 saturated heterocycles. The molecule has 0 unspecified atom stereocenters. The van der Waals surface area contributed by atoms with Crippen LogP contribution in [0.4, 0.5) is 13.2 Å². The molecular weight excluding hydrogens is 329 g/mol. The third-order valence-electron chi connectivity index (χ3n) is 4.80. The van der Waals surface area contributed by atoms with Crippen LogP contribution in [0.15, 0.2) is 42.7 Å². The summed E-state index contributed by atoms with van der Waals surface area (Å²) < 4.78 is 38.8. The molecule has 134 valence electrons. The molecule has 0 amide bonds. The molecule has 0 bridgehead atoms. The summed E-state index contributed by atoms with van der Waals surface area (Å²) in [5.74, 6) is 0.0773. The quantitative estimate of drug-likeness (QED) is 0.918. The fraction of sp³-hybridized carbons (Fsp3) is 0.421. The van der Waals surface area contributed by atoms with Gasteiger partial charge in [-0.2, -0.15) is 13.2 Å². The standard InChI is InChI=1S/C19H21F3N2O/c1-13-2-3-17(19(20,21)22)9-15(13)10-24-11-16(18(25)12-24)8-14-4-6-23-7-5-14/h2-7,9,16,18,25H,8,10-12H2,1H3/t16-,18-/m1/s1. The van der Waals surface area contributed by atoms with Gasteiger partial charge in [0.05, 0.1) is 11.7 Å². The van der Waals surface area contributed by atoms with Crippen molar-refractivity contribution in [3.63, 3.8) is 0 Å². The van der Waals surface area contributed by atoms with Crippen molar-refractivity contribution in [2.45, 2.75) is 32.2 Å². The first-order valence-corrected chi connectivity index (χ1v) is 8.29. The first-order valence-electron chi connectivity index (χ1n) is 8.29. The van der Waals surface area contributed by atoms with Gasteiger partial charge in [0.1, 0.15) is 0 Å². The van der Waals surface area contributed by atoms with Crippen LogP contribution in [0.2, 0.25) is 0 Å². The largest absolute Gasteiger partial charge is 0.416 e. The average molecular weight is 350 g/mol. The maximum atomic E-state index is 12.9. The van der Waals surface area contributed by atoms with Crippen molar-refractivity contribution in [2.75, 3.05) is 13.1 Å². The zero-order valence-electron chi connectivity index (χ0n) is 14.0. The highest BCUT2D eigenvalue weighted by Crippen LogP contribution is 2.31. The lowest BCUT2D eigenvalue weighted by molar-refractivity contribution is -0.137. The monoisotopic (exact) mass is 350 g/mol. The van der Waals surface area contributed by atoms with Crippen LogP contribution >= 0.6 is 0 Å². The first-order chi connectivity index (χ1) is 11.8. The molecule has 2 atom stereocenters. The minimum absolute atomic E-state index is 0.0773. The summed E-state index contributed by atoms with van der Waals surface area (Å²) >= 11 is 0. The van der Waals surface area contributed by atoms with Gasteiger partial charge in [0, 0.05) is 37.9 Å². The van der Waals surface area contributed by atoms with E-state index in [9.17, 15) is 18.3 Å². The van der Waals surface area contributed by atoms with E-state index in [1.807, 2.05) is 24.0 Å². The Bertz CT molecular complexity index is 718. The Kier molecular flexibility index (Phi) is 5.11. The molecule has 1 N–H and O–H groups in total. The molecule has 0 aliphatic carbocycles. The highest BCUT2D eigenvalue weighted by molar-refractivity contribution is 5.32. The molecule has 1 fully saturated rings. The molecule has 1 aromatic heterocycles. The maximum absolute atomic E-state index is 12.9. The van der Waals surface area contributed by atoms with Crippen molar-refractivity contribution in [1.29, 1.82) is 0 Å². The van der Waals surface area contributed by atoms with E-state index in [-0.39, 0.29) is 5.92 Å². The van der Waals surface area contributed by atoms with Gasteiger partial charge in [-0.05, 0) is 54.3 Å². The van der Waals surface area contributed by atoms with Gasteiger partial charge >= 0.3 is 6.18 Å². The van der Waals surface area contributed by atoms with Gasteiger partial charge in [0.2, 0.25) is 0 Å². The fourth-order valence-electron chi connectivity index (χ4n) is 3.35. The van der Waals surface area contributed by atoms with E-state index in [2.05, 4.69) is 4.98 Å². The number of benzene rings is 1. The summed E-state index contributed by atoms with van der Waals surface area (Å²) in [6, 6.07) is 7.69. The molecule has 3 nitrogen and oxygen atoms in total. The third kappa shape index (κ3) is 4.38. The SMILES string of the molecule is Cc1ccc(C(F)(F)F)cc1CN1C[C@@H](Cc2ccncc2)[C@H](O)C1. The molecule has 2 aromatic rings. The lowest BCUT2D eigenvalue weighted by atomic mass is 9.97. The molecule has 0 saturated carbocycles. The van der Waals surface area contributed by atoms with E-state index in [4.69, 9.17) is 0 Å². The summed E-state index contributed by atoms with van der Waals surface area (Å²) in [6.45, 7) is 3.38. The summed E-state index contributed by atoms with van der Waals surface area (Å²) in [4.78, 5) is 6.01. The van der Waals surface area contributed by atoms with E-state index < -0.39 is 17.8 Å². The Balaban J connectivity index is 1.68. The fourth-order valence-corrected chi connectivity index (χ4v) is 3.35. The smallest absolute Gasteiger partial charge is 0.391 e. The Labute approximate surface area is 145 Å². The second kappa shape index (κ2) is 7.14. The molecule has 3 rings (SSSR count). The molecule has 1 aliphatic rings. The molecule has 0 radical (unpaired) electrons. The van der Waals surface area contributed by atoms with Crippen molar-refractivity contribution in [3.8, 4) is 0 Å². The zero-order chi connectivity index (χ0) is 18.0. The topological polar surface area (TPSA) is 36.4 Å². The van der Waals surface area contributed by atoms with Gasteiger partial charge in [-0.25, -0.2) is 0 Å². The Hall–Kier alpha value is -1.92. The molecule has 2 heterocycles. The van der Waals surface area contributed by atoms with E-state index >= 15 is 0 Å². The molecule has 1 aromatic carbocycles. The number of nitrogens with zero attached hydrogens (tertiary/aromatic N) is 2. The van der Waals surface area contributed by atoms with Crippen LogP contribution in [-0.4, -0.2) is 34.2 Å². The number of rotatable bonds is 4. The van der Waals surface area contributed by atoms with Crippen LogP contribution in [-0.2, 0) is 19.1 Å². The highest BCUT2D eigenvalue weighted by atomic mass is 19.4. The molecule has 1 aliphatic heterocycles. The zero-order valence-corrected chi connectivity index (χ0v) is 14.0. The van der Waals surface area contributed by atoms with Gasteiger partial charge < -0.3 is 5.11 Å². The van der Waals surface area contributed by atoms with E-state index in [1.54, 1.807) is 12.4 Å². The van der Waals surface area contributed by atoms with Crippen LogP contribution in [0, 0.1) is 12.8 Å². The van der Waals surface area contributed by atoms with E-state index in [1.165, 1.54) is 12.1 Å². The molecule has 0 spiro atoms. The number of aliphatic hydroxyl groups is 1. The van der Waals surface area contributed by atoms with Crippen LogP contribution in [0.3, 0.4) is 0 Å². The number of hydrogen-bond acceptors (Lipinski definition) is 3. The van der Waals surface area contributed by atoms with Crippen molar-refractivity contribution in [1.82, 2.24) is 9.88 Å². The number of likely N-dealkylation sites (tertiary alicyclic amines) is 1. The second-order valence-corrected chi connectivity index (χ2v) is 6.72. The van der Waals surface area contributed by atoms with Gasteiger partial charge in [0.25, 0.3) is 0 Å². The van der Waals surface area contributed by atoms with Gasteiger partial charge in [-0.3, -0.25) is 9.88 Å². The van der Waals surface area contributed by atoms with Crippen LogP contribution < -0.4 is 0 Å². The Morgan fingerprint density at radius 2 is 1.88 bits per heavy atom. The number of aromatic nitrogens is 1. The van der Waals surface area contributed by atoms with Crippen LogP contribution in [0.25, 0.3) is 0 Å². The van der Waals surface area contributed by atoms with E-state index in [0.717, 1.165) is 23.6 Å². The van der Waals surface area contributed by atoms with Crippen molar-refractivity contribution >= 4 is 0 Å². The number of aliphatic hydroxyl groups excluding tert-OH is 1. The summed E-state index contributed by atoms with van der Waals surface area (Å²) in [5.41, 5.74) is 1.98. The van der Waals surface area contributed by atoms with Gasteiger partial charge in [-0.1, -0.05) is 6.07 Å². The second-order valence-electron chi connectivity index (χ2n) is 6.72. The van der Waals surface area contributed by atoms with Gasteiger partial charge in [0.15, 0.2) is 0 Å². The summed E-state index contributed by atoms with van der Waals surface area (Å²) in [7, 11) is 0. The number of pyridine rings is 1. The highest BCUT2D eigenvalue weighted by Gasteiger charge is 2.33.